The fraction of sp³-hybridized carbons (Fsp3) is 0.545. The third kappa shape index (κ3) is 2.23. The van der Waals surface area contributed by atoms with Gasteiger partial charge in [0.1, 0.15) is 5.82 Å². The second-order valence-corrected chi connectivity index (χ2v) is 4.08. The second kappa shape index (κ2) is 3.96. The summed E-state index contributed by atoms with van der Waals surface area (Å²) in [6.45, 7) is 2.01. The fourth-order valence-corrected chi connectivity index (χ4v) is 1.98. The summed E-state index contributed by atoms with van der Waals surface area (Å²) < 4.78 is 0. The van der Waals surface area contributed by atoms with Crippen molar-refractivity contribution in [3.8, 4) is 0 Å². The average molecular weight is 191 g/mol. The summed E-state index contributed by atoms with van der Waals surface area (Å²) in [7, 11) is 0. The lowest BCUT2D eigenvalue weighted by molar-refractivity contribution is 0.686. The highest BCUT2D eigenvalue weighted by molar-refractivity contribution is 5.36. The molecule has 2 unspecified atom stereocenters. The molecule has 1 aliphatic rings. The number of nitrogens with one attached hydrogen (secondary N) is 1. The third-order valence-electron chi connectivity index (χ3n) is 2.71. The summed E-state index contributed by atoms with van der Waals surface area (Å²) in [5.41, 5.74) is 6.90. The number of aromatic nitrogens is 1. The molecule has 1 aliphatic carbocycles. The molecule has 0 saturated heterocycles. The van der Waals surface area contributed by atoms with E-state index < -0.39 is 0 Å². The molecule has 76 valence electrons. The molecule has 0 amide bonds. The van der Waals surface area contributed by atoms with Crippen LogP contribution in [0.25, 0.3) is 0 Å². The zero-order valence-corrected chi connectivity index (χ0v) is 8.53. The van der Waals surface area contributed by atoms with E-state index in [2.05, 4.69) is 10.3 Å². The van der Waals surface area contributed by atoms with Crippen LogP contribution in [0.15, 0.2) is 18.2 Å². The Morgan fingerprint density at radius 1 is 1.43 bits per heavy atom. The monoisotopic (exact) mass is 191 g/mol. The van der Waals surface area contributed by atoms with Crippen molar-refractivity contribution in [1.29, 1.82) is 0 Å². The van der Waals surface area contributed by atoms with Crippen LogP contribution in [0, 0.1) is 6.92 Å². The molecule has 0 aromatic carbocycles. The van der Waals surface area contributed by atoms with Crippen molar-refractivity contribution < 1.29 is 0 Å². The first-order valence-corrected chi connectivity index (χ1v) is 5.20. The van der Waals surface area contributed by atoms with E-state index >= 15 is 0 Å². The third-order valence-corrected chi connectivity index (χ3v) is 2.71. The van der Waals surface area contributed by atoms with Gasteiger partial charge in [-0.1, -0.05) is 6.07 Å². The van der Waals surface area contributed by atoms with Crippen LogP contribution < -0.4 is 11.1 Å². The smallest absolute Gasteiger partial charge is 0.126 e. The van der Waals surface area contributed by atoms with Crippen LogP contribution >= 0.6 is 0 Å². The van der Waals surface area contributed by atoms with Gasteiger partial charge in [0.05, 0.1) is 0 Å². The summed E-state index contributed by atoms with van der Waals surface area (Å²) in [4.78, 5) is 4.41. The van der Waals surface area contributed by atoms with Crippen molar-refractivity contribution in [2.24, 2.45) is 5.73 Å². The highest BCUT2D eigenvalue weighted by atomic mass is 15.0. The van der Waals surface area contributed by atoms with Gasteiger partial charge < -0.3 is 11.1 Å². The van der Waals surface area contributed by atoms with E-state index in [0.717, 1.165) is 30.8 Å². The van der Waals surface area contributed by atoms with Crippen LogP contribution in [0.3, 0.4) is 0 Å². The molecule has 3 N–H and O–H groups in total. The lowest BCUT2D eigenvalue weighted by atomic mass is 10.2. The van der Waals surface area contributed by atoms with E-state index in [9.17, 15) is 0 Å². The standard InChI is InChI=1S/C11H17N3/c1-8-3-2-4-11(13-8)14-10-6-5-9(12)7-10/h2-4,9-10H,5-7,12H2,1H3,(H,13,14). The first-order chi connectivity index (χ1) is 6.74. The maximum Gasteiger partial charge on any atom is 0.126 e. The molecule has 1 saturated carbocycles. The van der Waals surface area contributed by atoms with E-state index in [4.69, 9.17) is 5.73 Å². The minimum absolute atomic E-state index is 0.373. The highest BCUT2D eigenvalue weighted by Crippen LogP contribution is 2.20. The van der Waals surface area contributed by atoms with Gasteiger partial charge in [-0.3, -0.25) is 0 Å². The number of hydrogen-bond acceptors (Lipinski definition) is 3. The molecule has 1 aromatic rings. The van der Waals surface area contributed by atoms with E-state index in [1.54, 1.807) is 0 Å². The van der Waals surface area contributed by atoms with Gasteiger partial charge in [0, 0.05) is 17.8 Å². The van der Waals surface area contributed by atoms with Gasteiger partial charge in [-0.25, -0.2) is 4.98 Å². The normalized spacial score (nSPS) is 26.4. The van der Waals surface area contributed by atoms with Gasteiger partial charge in [-0.05, 0) is 38.3 Å². The summed E-state index contributed by atoms with van der Waals surface area (Å²) in [5.74, 6) is 0.976. The first kappa shape index (κ1) is 9.46. The molecule has 0 radical (unpaired) electrons. The molecule has 2 atom stereocenters. The Balaban J connectivity index is 1.97. The molecule has 1 aromatic heterocycles. The lowest BCUT2D eigenvalue weighted by Gasteiger charge is -2.12. The minimum atomic E-state index is 0.373. The van der Waals surface area contributed by atoms with Crippen molar-refractivity contribution in [1.82, 2.24) is 4.98 Å². The molecule has 2 rings (SSSR count). The fourth-order valence-electron chi connectivity index (χ4n) is 1.98. The number of hydrogen-bond donors (Lipinski definition) is 2. The van der Waals surface area contributed by atoms with Crippen LogP contribution in [-0.2, 0) is 0 Å². The van der Waals surface area contributed by atoms with Gasteiger partial charge in [-0.2, -0.15) is 0 Å². The van der Waals surface area contributed by atoms with Crippen molar-refractivity contribution >= 4 is 5.82 Å². The van der Waals surface area contributed by atoms with Crippen LogP contribution in [0.5, 0.6) is 0 Å². The SMILES string of the molecule is Cc1cccc(NC2CCC(N)C2)n1. The number of rotatable bonds is 2. The van der Waals surface area contributed by atoms with Crippen LogP contribution in [0.4, 0.5) is 5.82 Å². The molecule has 3 nitrogen and oxygen atoms in total. The number of nitrogens with zero attached hydrogens (tertiary/aromatic N) is 1. The summed E-state index contributed by atoms with van der Waals surface area (Å²) >= 11 is 0. The van der Waals surface area contributed by atoms with Gasteiger partial charge >= 0.3 is 0 Å². The molecule has 0 spiro atoms. The zero-order valence-electron chi connectivity index (χ0n) is 8.53. The predicted molar refractivity (Wildman–Crippen MR) is 58.2 cm³/mol. The zero-order chi connectivity index (χ0) is 9.97. The summed E-state index contributed by atoms with van der Waals surface area (Å²) in [6.07, 6.45) is 3.36. The number of anilines is 1. The molecular formula is C11H17N3. The minimum Gasteiger partial charge on any atom is -0.367 e. The van der Waals surface area contributed by atoms with E-state index in [-0.39, 0.29) is 0 Å². The predicted octanol–water partition coefficient (Wildman–Crippen LogP) is 1.68. The maximum atomic E-state index is 5.85. The molecule has 3 heteroatoms. The van der Waals surface area contributed by atoms with Crippen molar-refractivity contribution in [3.05, 3.63) is 23.9 Å². The molecule has 1 fully saturated rings. The highest BCUT2D eigenvalue weighted by Gasteiger charge is 2.21. The summed E-state index contributed by atoms with van der Waals surface area (Å²) in [6, 6.07) is 6.93. The van der Waals surface area contributed by atoms with Crippen molar-refractivity contribution in [2.45, 2.75) is 38.3 Å². The van der Waals surface area contributed by atoms with Crippen molar-refractivity contribution in [2.75, 3.05) is 5.32 Å². The Hall–Kier alpha value is -1.09. The lowest BCUT2D eigenvalue weighted by Crippen LogP contribution is -2.21. The Morgan fingerprint density at radius 3 is 2.93 bits per heavy atom. The molecule has 14 heavy (non-hydrogen) atoms. The quantitative estimate of drug-likeness (QED) is 0.747. The molecule has 1 heterocycles. The Morgan fingerprint density at radius 2 is 2.29 bits per heavy atom. The number of nitrogens with two attached hydrogens (primary N) is 1. The van der Waals surface area contributed by atoms with Gasteiger partial charge in [0.15, 0.2) is 0 Å². The maximum absolute atomic E-state index is 5.85. The van der Waals surface area contributed by atoms with Crippen LogP contribution in [-0.4, -0.2) is 17.1 Å². The van der Waals surface area contributed by atoms with Crippen molar-refractivity contribution in [3.63, 3.8) is 0 Å². The average Bonchev–Trinajstić information content (AvgIpc) is 2.51. The van der Waals surface area contributed by atoms with Crippen LogP contribution in [0.2, 0.25) is 0 Å². The van der Waals surface area contributed by atoms with E-state index in [1.165, 1.54) is 0 Å². The van der Waals surface area contributed by atoms with Crippen LogP contribution in [0.1, 0.15) is 25.0 Å². The molecular weight excluding hydrogens is 174 g/mol. The molecule has 0 aliphatic heterocycles. The van der Waals surface area contributed by atoms with E-state index in [0.29, 0.717) is 12.1 Å². The Labute approximate surface area is 84.7 Å². The number of aryl methyl sites for hydroxylation is 1. The second-order valence-electron chi connectivity index (χ2n) is 4.08. The first-order valence-electron chi connectivity index (χ1n) is 5.20. The van der Waals surface area contributed by atoms with E-state index in [1.807, 2.05) is 25.1 Å². The Kier molecular flexibility index (Phi) is 2.68. The van der Waals surface area contributed by atoms with Gasteiger partial charge in [0.25, 0.3) is 0 Å². The topological polar surface area (TPSA) is 50.9 Å². The molecule has 0 bridgehead atoms. The summed E-state index contributed by atoms with van der Waals surface area (Å²) in [5, 5.41) is 3.42. The number of pyridine rings is 1. The Bertz CT molecular complexity index is 311. The van der Waals surface area contributed by atoms with Gasteiger partial charge in [0.2, 0.25) is 0 Å². The largest absolute Gasteiger partial charge is 0.367 e. The van der Waals surface area contributed by atoms with Gasteiger partial charge in [-0.15, -0.1) is 0 Å².